The van der Waals surface area contributed by atoms with Gasteiger partial charge in [-0.3, -0.25) is 9.78 Å². The van der Waals surface area contributed by atoms with E-state index in [1.165, 1.54) is 10.4 Å². The predicted octanol–water partition coefficient (Wildman–Crippen LogP) is 2.95. The highest BCUT2D eigenvalue weighted by Gasteiger charge is 2.38. The van der Waals surface area contributed by atoms with Gasteiger partial charge in [0.2, 0.25) is 15.9 Å². The zero-order valence-corrected chi connectivity index (χ0v) is 23.1. The highest BCUT2D eigenvalue weighted by molar-refractivity contribution is 7.89. The molecule has 3 aromatic rings. The Bertz CT molecular complexity index is 1450. The zero-order chi connectivity index (χ0) is 28.0. The molecule has 1 aliphatic heterocycles. The molecular formula is C30H33N3O5S. The van der Waals surface area contributed by atoms with E-state index in [0.29, 0.717) is 11.3 Å². The molecule has 2 heterocycles. The number of hydrogen-bond donors (Lipinski definition) is 1. The van der Waals surface area contributed by atoms with Crippen molar-refractivity contribution in [1.82, 2.24) is 14.2 Å². The van der Waals surface area contributed by atoms with Crippen LogP contribution in [0.1, 0.15) is 30.7 Å². The van der Waals surface area contributed by atoms with Crippen LogP contribution in [0, 0.1) is 17.8 Å². The standard InChI is InChI=1S/C30H33N3O5S/c1-22-19-33(23(2)21-34)39(36,37)29-15-14-25(13-12-24-9-5-4-6-10-24)17-27(29)38-28(22)20-32(3)30(35)18-26-11-7-8-16-31-26/h4-11,14-17,22-23,28,34H,18-21H2,1-3H3/t22-,23-,28-/m1/s1. The zero-order valence-electron chi connectivity index (χ0n) is 22.3. The summed E-state index contributed by atoms with van der Waals surface area (Å²) in [6.07, 6.45) is 1.29. The number of carbonyl (C=O) groups is 1. The highest BCUT2D eigenvalue weighted by Crippen LogP contribution is 2.34. The lowest BCUT2D eigenvalue weighted by Gasteiger charge is -2.37. The Kier molecular flexibility index (Phi) is 9.02. The number of benzene rings is 2. The molecule has 39 heavy (non-hydrogen) atoms. The SMILES string of the molecule is C[C@@H]1CN([C@H](C)CO)S(=O)(=O)c2ccc(C#Cc3ccccc3)cc2O[C@@H]1CN(C)C(=O)Cc1ccccn1. The third kappa shape index (κ3) is 6.84. The first-order valence-electron chi connectivity index (χ1n) is 12.8. The lowest BCUT2D eigenvalue weighted by molar-refractivity contribution is -0.130. The summed E-state index contributed by atoms with van der Waals surface area (Å²) < 4.78 is 35.0. The van der Waals surface area contributed by atoms with Crippen LogP contribution in [0.5, 0.6) is 5.75 Å². The van der Waals surface area contributed by atoms with Crippen LogP contribution in [-0.2, 0) is 21.2 Å². The number of carbonyl (C=O) groups excluding carboxylic acids is 1. The molecule has 0 spiro atoms. The van der Waals surface area contributed by atoms with E-state index in [-0.39, 0.29) is 48.6 Å². The van der Waals surface area contributed by atoms with Crippen molar-refractivity contribution in [2.75, 3.05) is 26.7 Å². The number of pyridine rings is 1. The first-order valence-corrected chi connectivity index (χ1v) is 14.3. The maximum absolute atomic E-state index is 13.7. The van der Waals surface area contributed by atoms with Gasteiger partial charge in [-0.1, -0.05) is 43.0 Å². The van der Waals surface area contributed by atoms with Crippen LogP contribution in [0.3, 0.4) is 0 Å². The van der Waals surface area contributed by atoms with Crippen LogP contribution in [0.15, 0.2) is 77.8 Å². The van der Waals surface area contributed by atoms with E-state index in [0.717, 1.165) is 5.56 Å². The average molecular weight is 548 g/mol. The van der Waals surface area contributed by atoms with Gasteiger partial charge in [-0.15, -0.1) is 0 Å². The monoisotopic (exact) mass is 547 g/mol. The molecule has 0 fully saturated rings. The van der Waals surface area contributed by atoms with Crippen molar-refractivity contribution in [3.63, 3.8) is 0 Å². The molecule has 9 heteroatoms. The van der Waals surface area contributed by atoms with Gasteiger partial charge in [-0.25, -0.2) is 8.42 Å². The Balaban J connectivity index is 1.67. The fourth-order valence-corrected chi connectivity index (χ4v) is 6.18. The van der Waals surface area contributed by atoms with Gasteiger partial charge >= 0.3 is 0 Å². The molecule has 1 amide bonds. The number of aliphatic hydroxyl groups is 1. The van der Waals surface area contributed by atoms with Crippen molar-refractivity contribution in [3.8, 4) is 17.6 Å². The molecule has 2 aromatic carbocycles. The van der Waals surface area contributed by atoms with Gasteiger partial charge in [0.1, 0.15) is 16.7 Å². The van der Waals surface area contributed by atoms with Crippen LogP contribution in [-0.4, -0.2) is 72.5 Å². The van der Waals surface area contributed by atoms with Crippen LogP contribution in [0.2, 0.25) is 0 Å². The molecule has 204 valence electrons. The molecule has 3 atom stereocenters. The van der Waals surface area contributed by atoms with Gasteiger partial charge in [-0.2, -0.15) is 4.31 Å². The fraction of sp³-hybridized carbons (Fsp3) is 0.333. The second-order valence-corrected chi connectivity index (χ2v) is 11.6. The lowest BCUT2D eigenvalue weighted by Crippen LogP contribution is -2.50. The number of amides is 1. The van der Waals surface area contributed by atoms with Gasteiger partial charge in [0, 0.05) is 48.6 Å². The summed E-state index contributed by atoms with van der Waals surface area (Å²) in [4.78, 5) is 18.8. The summed E-state index contributed by atoms with van der Waals surface area (Å²) >= 11 is 0. The van der Waals surface area contributed by atoms with Crippen molar-refractivity contribution >= 4 is 15.9 Å². The molecule has 0 saturated carbocycles. The number of aromatic nitrogens is 1. The molecular weight excluding hydrogens is 514 g/mol. The molecule has 1 aromatic heterocycles. The van der Waals surface area contributed by atoms with Crippen molar-refractivity contribution < 1.29 is 23.1 Å². The van der Waals surface area contributed by atoms with Crippen LogP contribution >= 0.6 is 0 Å². The summed E-state index contributed by atoms with van der Waals surface area (Å²) in [6, 6.07) is 19.1. The molecule has 4 rings (SSSR count). The fourth-order valence-electron chi connectivity index (χ4n) is 4.35. The Morgan fingerprint density at radius 2 is 1.85 bits per heavy atom. The van der Waals surface area contributed by atoms with E-state index >= 15 is 0 Å². The van der Waals surface area contributed by atoms with Gasteiger partial charge < -0.3 is 14.7 Å². The van der Waals surface area contributed by atoms with Gasteiger partial charge in [-0.05, 0) is 49.4 Å². The number of likely N-dealkylation sites (N-methyl/N-ethyl adjacent to an activating group) is 1. The Morgan fingerprint density at radius 1 is 1.13 bits per heavy atom. The molecule has 0 aliphatic carbocycles. The van der Waals surface area contributed by atoms with E-state index in [1.54, 1.807) is 49.3 Å². The van der Waals surface area contributed by atoms with Gasteiger partial charge in [0.15, 0.2) is 0 Å². The smallest absolute Gasteiger partial charge is 0.247 e. The Hall–Kier alpha value is -3.71. The van der Waals surface area contributed by atoms with E-state index in [4.69, 9.17) is 4.74 Å². The van der Waals surface area contributed by atoms with E-state index < -0.39 is 22.2 Å². The van der Waals surface area contributed by atoms with Crippen molar-refractivity contribution in [3.05, 3.63) is 89.7 Å². The Morgan fingerprint density at radius 3 is 2.54 bits per heavy atom. The van der Waals surface area contributed by atoms with E-state index in [2.05, 4.69) is 16.8 Å². The number of hydrogen-bond acceptors (Lipinski definition) is 6. The van der Waals surface area contributed by atoms with Gasteiger partial charge in [0.05, 0.1) is 19.6 Å². The predicted molar refractivity (Wildman–Crippen MR) is 148 cm³/mol. The topological polar surface area (TPSA) is 100 Å². The number of aliphatic hydroxyl groups excluding tert-OH is 1. The molecule has 0 saturated heterocycles. The molecule has 0 bridgehead atoms. The largest absolute Gasteiger partial charge is 0.487 e. The normalized spacial score (nSPS) is 19.3. The average Bonchev–Trinajstić information content (AvgIpc) is 2.94. The third-order valence-corrected chi connectivity index (χ3v) is 8.75. The maximum Gasteiger partial charge on any atom is 0.247 e. The first kappa shape index (κ1) is 28.3. The van der Waals surface area contributed by atoms with E-state index in [1.807, 2.05) is 43.3 Å². The summed E-state index contributed by atoms with van der Waals surface area (Å²) in [6.45, 7) is 3.61. The number of ether oxygens (including phenoxy) is 1. The van der Waals surface area contributed by atoms with Crippen LogP contribution in [0.25, 0.3) is 0 Å². The first-order chi connectivity index (χ1) is 18.7. The summed E-state index contributed by atoms with van der Waals surface area (Å²) in [5.74, 6) is 5.93. The quantitative estimate of drug-likeness (QED) is 0.477. The third-order valence-electron chi connectivity index (χ3n) is 6.73. The molecule has 8 nitrogen and oxygen atoms in total. The van der Waals surface area contributed by atoms with Gasteiger partial charge in [0.25, 0.3) is 0 Å². The summed E-state index contributed by atoms with van der Waals surface area (Å²) in [5, 5.41) is 9.85. The minimum absolute atomic E-state index is 0.00688. The highest BCUT2D eigenvalue weighted by atomic mass is 32.2. The maximum atomic E-state index is 13.7. The lowest BCUT2D eigenvalue weighted by atomic mass is 10.0. The van der Waals surface area contributed by atoms with Crippen molar-refractivity contribution in [2.24, 2.45) is 5.92 Å². The molecule has 0 radical (unpaired) electrons. The summed E-state index contributed by atoms with van der Waals surface area (Å²) in [5.41, 5.74) is 2.10. The van der Waals surface area contributed by atoms with Crippen LogP contribution in [0.4, 0.5) is 0 Å². The number of sulfonamides is 1. The van der Waals surface area contributed by atoms with Crippen LogP contribution < -0.4 is 4.74 Å². The molecule has 0 unspecified atom stereocenters. The van der Waals surface area contributed by atoms with E-state index in [9.17, 15) is 18.3 Å². The minimum Gasteiger partial charge on any atom is -0.487 e. The molecule has 1 aliphatic rings. The Labute approximate surface area is 230 Å². The second-order valence-electron chi connectivity index (χ2n) is 9.79. The minimum atomic E-state index is -3.97. The number of rotatable bonds is 6. The molecule has 1 N–H and O–H groups in total. The van der Waals surface area contributed by atoms with Crippen molar-refractivity contribution in [2.45, 2.75) is 37.3 Å². The number of fused-ring (bicyclic) bond motifs is 1. The van der Waals surface area contributed by atoms with Crippen molar-refractivity contribution in [1.29, 1.82) is 0 Å². The second kappa shape index (κ2) is 12.4. The number of nitrogens with zero attached hydrogens (tertiary/aromatic N) is 3. The summed E-state index contributed by atoms with van der Waals surface area (Å²) in [7, 11) is -2.27.